The first kappa shape index (κ1) is 15.1. The predicted octanol–water partition coefficient (Wildman–Crippen LogP) is 3.64. The number of hydrogen-bond acceptors (Lipinski definition) is 2. The molecule has 4 unspecified atom stereocenters. The molecule has 0 aromatic heterocycles. The largest absolute Gasteiger partial charge is 0.311 e. The molecule has 1 aliphatic heterocycles. The van der Waals surface area contributed by atoms with Gasteiger partial charge >= 0.3 is 0 Å². The van der Waals surface area contributed by atoms with Gasteiger partial charge in [0, 0.05) is 37.1 Å². The van der Waals surface area contributed by atoms with Gasteiger partial charge in [0.2, 0.25) is 0 Å². The molecule has 1 heterocycles. The van der Waals surface area contributed by atoms with E-state index in [-0.39, 0.29) is 0 Å². The summed E-state index contributed by atoms with van der Waals surface area (Å²) >= 11 is 0. The van der Waals surface area contributed by atoms with Gasteiger partial charge in [-0.2, -0.15) is 0 Å². The Labute approximate surface area is 129 Å². The average Bonchev–Trinajstić information content (AvgIpc) is 3.28. The molecule has 1 aromatic carbocycles. The summed E-state index contributed by atoms with van der Waals surface area (Å²) in [7, 11) is 0. The predicted molar refractivity (Wildman–Crippen MR) is 89.6 cm³/mol. The van der Waals surface area contributed by atoms with Crippen molar-refractivity contribution in [2.75, 3.05) is 13.1 Å². The van der Waals surface area contributed by atoms with Crippen LogP contribution in [-0.2, 0) is 0 Å². The van der Waals surface area contributed by atoms with Crippen molar-refractivity contribution in [3.63, 3.8) is 0 Å². The van der Waals surface area contributed by atoms with Gasteiger partial charge in [-0.1, -0.05) is 51.1 Å². The lowest BCUT2D eigenvalue weighted by Crippen LogP contribution is -2.57. The van der Waals surface area contributed by atoms with Crippen molar-refractivity contribution in [2.45, 2.75) is 64.1 Å². The molecule has 0 radical (unpaired) electrons. The van der Waals surface area contributed by atoms with Gasteiger partial charge in [0.25, 0.3) is 0 Å². The summed E-state index contributed by atoms with van der Waals surface area (Å²) in [6.45, 7) is 9.42. The second kappa shape index (κ2) is 6.50. The molecule has 2 nitrogen and oxygen atoms in total. The highest BCUT2D eigenvalue weighted by atomic mass is 15.3. The van der Waals surface area contributed by atoms with Crippen LogP contribution in [0, 0.1) is 5.92 Å². The molecule has 4 atom stereocenters. The van der Waals surface area contributed by atoms with E-state index in [2.05, 4.69) is 61.3 Å². The van der Waals surface area contributed by atoms with Crippen LogP contribution in [0.15, 0.2) is 30.3 Å². The van der Waals surface area contributed by atoms with Gasteiger partial charge in [0.15, 0.2) is 0 Å². The Kier molecular flexibility index (Phi) is 4.66. The smallest absolute Gasteiger partial charge is 0.0221 e. The lowest BCUT2D eigenvalue weighted by atomic mass is 9.98. The summed E-state index contributed by atoms with van der Waals surface area (Å²) in [6, 6.07) is 13.3. The van der Waals surface area contributed by atoms with E-state index in [4.69, 9.17) is 0 Å². The molecule has 0 bridgehead atoms. The maximum absolute atomic E-state index is 3.78. The van der Waals surface area contributed by atoms with Crippen molar-refractivity contribution in [3.8, 4) is 0 Å². The van der Waals surface area contributed by atoms with E-state index < -0.39 is 0 Å². The number of hydrogen-bond donors (Lipinski definition) is 1. The van der Waals surface area contributed by atoms with Gasteiger partial charge in [-0.3, -0.25) is 4.90 Å². The quantitative estimate of drug-likeness (QED) is 0.889. The average molecular weight is 286 g/mol. The highest BCUT2D eigenvalue weighted by molar-refractivity contribution is 5.28. The molecule has 116 valence electrons. The van der Waals surface area contributed by atoms with Crippen molar-refractivity contribution in [3.05, 3.63) is 35.9 Å². The first-order valence-corrected chi connectivity index (χ1v) is 8.73. The minimum absolute atomic E-state index is 0.685. The lowest BCUT2D eigenvalue weighted by Gasteiger charge is -2.41. The molecule has 1 aliphatic carbocycles. The monoisotopic (exact) mass is 286 g/mol. The van der Waals surface area contributed by atoms with Crippen LogP contribution in [0.4, 0.5) is 0 Å². The van der Waals surface area contributed by atoms with Crippen molar-refractivity contribution in [1.29, 1.82) is 0 Å². The van der Waals surface area contributed by atoms with E-state index in [9.17, 15) is 0 Å². The molecule has 3 rings (SSSR count). The zero-order valence-electron chi connectivity index (χ0n) is 13.8. The van der Waals surface area contributed by atoms with Crippen molar-refractivity contribution < 1.29 is 0 Å². The van der Waals surface area contributed by atoms with Crippen molar-refractivity contribution >= 4 is 0 Å². The van der Waals surface area contributed by atoms with Crippen LogP contribution in [0.1, 0.15) is 51.5 Å². The maximum atomic E-state index is 3.78. The van der Waals surface area contributed by atoms with Crippen LogP contribution < -0.4 is 5.32 Å². The van der Waals surface area contributed by atoms with Gasteiger partial charge in [-0.25, -0.2) is 0 Å². The van der Waals surface area contributed by atoms with Gasteiger partial charge in [-0.15, -0.1) is 0 Å². The molecule has 0 amide bonds. The Balaban J connectivity index is 1.65. The number of rotatable bonds is 5. The van der Waals surface area contributed by atoms with E-state index in [1.165, 1.54) is 37.9 Å². The summed E-state index contributed by atoms with van der Waals surface area (Å²) in [5, 5.41) is 3.78. The Morgan fingerprint density at radius 3 is 2.67 bits per heavy atom. The first-order valence-electron chi connectivity index (χ1n) is 8.73. The second-order valence-electron chi connectivity index (χ2n) is 7.31. The summed E-state index contributed by atoms with van der Waals surface area (Å²) < 4.78 is 0. The lowest BCUT2D eigenvalue weighted by molar-refractivity contribution is 0.108. The second-order valence-corrected chi connectivity index (χ2v) is 7.31. The van der Waals surface area contributed by atoms with Crippen LogP contribution in [-0.4, -0.2) is 36.1 Å². The van der Waals surface area contributed by atoms with Gasteiger partial charge in [0.1, 0.15) is 0 Å². The van der Waals surface area contributed by atoms with Gasteiger partial charge in [-0.05, 0) is 30.7 Å². The molecule has 2 heteroatoms. The molecule has 1 N–H and O–H groups in total. The van der Waals surface area contributed by atoms with Crippen LogP contribution in [0.25, 0.3) is 0 Å². The molecule has 1 saturated carbocycles. The fraction of sp³-hybridized carbons (Fsp3) is 0.684. The van der Waals surface area contributed by atoms with Crippen LogP contribution in [0.2, 0.25) is 0 Å². The number of benzene rings is 1. The minimum Gasteiger partial charge on any atom is -0.311 e. The van der Waals surface area contributed by atoms with Gasteiger partial charge in [0.05, 0.1) is 0 Å². The maximum Gasteiger partial charge on any atom is 0.0221 e. The zero-order chi connectivity index (χ0) is 14.8. The molecule has 1 aromatic rings. The van der Waals surface area contributed by atoms with Crippen LogP contribution in [0.5, 0.6) is 0 Å². The van der Waals surface area contributed by atoms with E-state index in [0.29, 0.717) is 6.04 Å². The van der Waals surface area contributed by atoms with Crippen LogP contribution in [0.3, 0.4) is 0 Å². The van der Waals surface area contributed by atoms with Crippen LogP contribution >= 0.6 is 0 Å². The Bertz CT molecular complexity index is 442. The highest BCUT2D eigenvalue weighted by Crippen LogP contribution is 2.46. The molecule has 1 saturated heterocycles. The van der Waals surface area contributed by atoms with Crippen molar-refractivity contribution in [1.82, 2.24) is 10.2 Å². The number of nitrogens with one attached hydrogen (secondary N) is 1. The number of piperazine rings is 1. The Hall–Kier alpha value is -0.860. The summed E-state index contributed by atoms with van der Waals surface area (Å²) in [5.74, 6) is 1.56. The van der Waals surface area contributed by atoms with E-state index in [1.807, 2.05) is 0 Å². The van der Waals surface area contributed by atoms with E-state index in [1.54, 1.807) is 0 Å². The number of nitrogens with zero attached hydrogens (tertiary/aromatic N) is 1. The fourth-order valence-electron chi connectivity index (χ4n) is 4.01. The third-order valence-corrected chi connectivity index (χ3v) is 5.18. The molecule has 0 spiro atoms. The molecule has 2 fully saturated rings. The summed E-state index contributed by atoms with van der Waals surface area (Å²) in [4.78, 5) is 2.82. The molecule has 2 aliphatic rings. The van der Waals surface area contributed by atoms with Crippen molar-refractivity contribution in [2.24, 2.45) is 5.92 Å². The fourth-order valence-corrected chi connectivity index (χ4v) is 4.01. The summed E-state index contributed by atoms with van der Waals surface area (Å²) in [5.41, 5.74) is 1.54. The zero-order valence-corrected chi connectivity index (χ0v) is 13.8. The van der Waals surface area contributed by atoms with E-state index in [0.717, 1.165) is 23.9 Å². The third-order valence-electron chi connectivity index (χ3n) is 5.18. The standard InChI is InChI=1S/C19H30N2/c1-4-17-12-20-16(10-14(2)3)13-21(17)19-11-18(19)15-8-6-5-7-9-15/h5-9,14,16-20H,4,10-13H2,1-3H3. The molecule has 21 heavy (non-hydrogen) atoms. The molecular formula is C19H30N2. The normalized spacial score (nSPS) is 33.3. The molecular weight excluding hydrogens is 256 g/mol. The SMILES string of the molecule is CCC1CNC(CC(C)C)CN1C1CC1c1ccccc1. The Morgan fingerprint density at radius 1 is 1.24 bits per heavy atom. The topological polar surface area (TPSA) is 15.3 Å². The van der Waals surface area contributed by atoms with E-state index >= 15 is 0 Å². The summed E-state index contributed by atoms with van der Waals surface area (Å²) in [6.07, 6.45) is 3.92. The van der Waals surface area contributed by atoms with Gasteiger partial charge < -0.3 is 5.32 Å². The minimum atomic E-state index is 0.685. The Morgan fingerprint density at radius 2 is 2.00 bits per heavy atom. The highest BCUT2D eigenvalue weighted by Gasteiger charge is 2.46. The third kappa shape index (κ3) is 3.49. The first-order chi connectivity index (χ1) is 10.2.